The Bertz CT molecular complexity index is 454. The quantitative estimate of drug-likeness (QED) is 0.469. The van der Waals surface area contributed by atoms with Crippen molar-refractivity contribution >= 4 is 17.6 Å². The van der Waals surface area contributed by atoms with Crippen molar-refractivity contribution < 1.29 is 19.2 Å². The molecule has 0 heterocycles. The summed E-state index contributed by atoms with van der Waals surface area (Å²) in [6.45, 7) is 1.34. The summed E-state index contributed by atoms with van der Waals surface area (Å²) in [6.07, 6.45) is -1.04. The highest BCUT2D eigenvalue weighted by Gasteiger charge is 2.16. The van der Waals surface area contributed by atoms with Gasteiger partial charge in [-0.25, -0.2) is 4.79 Å². The maximum atomic E-state index is 11.4. The zero-order chi connectivity index (χ0) is 13.0. The molecular weight excluding hydrogens is 228 g/mol. The summed E-state index contributed by atoms with van der Waals surface area (Å²) in [4.78, 5) is 31.9. The van der Waals surface area contributed by atoms with E-state index < -0.39 is 22.9 Å². The SMILES string of the molecule is C[C@H](OC(=O)c1ccc([N+](=O)[O-])cc1)C(N)=O. The van der Waals surface area contributed by atoms with Gasteiger partial charge in [-0.1, -0.05) is 0 Å². The summed E-state index contributed by atoms with van der Waals surface area (Å²) < 4.78 is 4.71. The fourth-order valence-electron chi connectivity index (χ4n) is 1.01. The average Bonchev–Trinajstić information content (AvgIpc) is 2.28. The van der Waals surface area contributed by atoms with E-state index in [-0.39, 0.29) is 11.3 Å². The first-order chi connectivity index (χ1) is 7.91. The molecule has 1 aromatic rings. The minimum Gasteiger partial charge on any atom is -0.449 e. The number of carbonyl (C=O) groups excluding carboxylic acids is 2. The highest BCUT2D eigenvalue weighted by molar-refractivity contribution is 5.92. The number of rotatable bonds is 4. The Labute approximate surface area is 96.3 Å². The number of esters is 1. The van der Waals surface area contributed by atoms with Crippen LogP contribution < -0.4 is 5.73 Å². The molecule has 1 atom stereocenters. The molecule has 2 N–H and O–H groups in total. The molecule has 0 saturated carbocycles. The molecule has 0 aliphatic rings. The monoisotopic (exact) mass is 238 g/mol. The maximum Gasteiger partial charge on any atom is 0.338 e. The number of nitrogens with two attached hydrogens (primary N) is 1. The van der Waals surface area contributed by atoms with Gasteiger partial charge < -0.3 is 10.5 Å². The second-order valence-electron chi connectivity index (χ2n) is 3.25. The van der Waals surface area contributed by atoms with Gasteiger partial charge in [0.05, 0.1) is 10.5 Å². The van der Waals surface area contributed by atoms with Crippen LogP contribution in [-0.2, 0) is 9.53 Å². The molecule has 0 radical (unpaired) electrons. The standard InChI is InChI=1S/C10H10N2O5/c1-6(9(11)13)17-10(14)7-2-4-8(5-3-7)12(15)16/h2-6H,1H3,(H2,11,13)/t6-/m0/s1. The smallest absolute Gasteiger partial charge is 0.338 e. The van der Waals surface area contributed by atoms with Gasteiger partial charge in [0.1, 0.15) is 0 Å². The predicted octanol–water partition coefficient (Wildman–Crippen LogP) is 0.625. The lowest BCUT2D eigenvalue weighted by Crippen LogP contribution is -2.30. The van der Waals surface area contributed by atoms with Gasteiger partial charge in [0.15, 0.2) is 6.10 Å². The van der Waals surface area contributed by atoms with Gasteiger partial charge >= 0.3 is 5.97 Å². The second-order valence-corrected chi connectivity index (χ2v) is 3.25. The second kappa shape index (κ2) is 5.06. The summed E-state index contributed by atoms with van der Waals surface area (Å²) in [6, 6.07) is 4.83. The van der Waals surface area contributed by atoms with Gasteiger partial charge in [0.25, 0.3) is 11.6 Å². The van der Waals surface area contributed by atoms with Crippen molar-refractivity contribution in [1.29, 1.82) is 0 Å². The largest absolute Gasteiger partial charge is 0.449 e. The van der Waals surface area contributed by atoms with Crippen LogP contribution in [0.1, 0.15) is 17.3 Å². The lowest BCUT2D eigenvalue weighted by atomic mass is 10.2. The van der Waals surface area contributed by atoms with Crippen LogP contribution in [0.3, 0.4) is 0 Å². The molecule has 1 rings (SSSR count). The summed E-state index contributed by atoms with van der Waals surface area (Å²) >= 11 is 0. The molecule has 0 bridgehead atoms. The number of ether oxygens (including phenoxy) is 1. The highest BCUT2D eigenvalue weighted by atomic mass is 16.6. The van der Waals surface area contributed by atoms with Crippen LogP contribution >= 0.6 is 0 Å². The molecular formula is C10H10N2O5. The van der Waals surface area contributed by atoms with Crippen molar-refractivity contribution in [2.45, 2.75) is 13.0 Å². The maximum absolute atomic E-state index is 11.4. The van der Waals surface area contributed by atoms with Gasteiger partial charge in [0, 0.05) is 12.1 Å². The summed E-state index contributed by atoms with van der Waals surface area (Å²) in [5.74, 6) is -1.52. The first kappa shape index (κ1) is 12.6. The fraction of sp³-hybridized carbons (Fsp3) is 0.200. The van der Waals surface area contributed by atoms with E-state index in [2.05, 4.69) is 0 Å². The first-order valence-corrected chi connectivity index (χ1v) is 4.66. The van der Waals surface area contributed by atoms with Crippen molar-refractivity contribution in [3.8, 4) is 0 Å². The Morgan fingerprint density at radius 2 is 1.88 bits per heavy atom. The molecule has 0 spiro atoms. The van der Waals surface area contributed by atoms with E-state index in [1.165, 1.54) is 31.2 Å². The average molecular weight is 238 g/mol. The van der Waals surface area contributed by atoms with E-state index in [0.29, 0.717) is 0 Å². The number of benzene rings is 1. The van der Waals surface area contributed by atoms with E-state index >= 15 is 0 Å². The summed E-state index contributed by atoms with van der Waals surface area (Å²) in [7, 11) is 0. The predicted molar refractivity (Wildman–Crippen MR) is 57.2 cm³/mol. The van der Waals surface area contributed by atoms with Crippen LogP contribution in [0.2, 0.25) is 0 Å². The zero-order valence-electron chi connectivity index (χ0n) is 8.95. The molecule has 0 fully saturated rings. The zero-order valence-corrected chi connectivity index (χ0v) is 8.95. The van der Waals surface area contributed by atoms with E-state index in [9.17, 15) is 19.7 Å². The van der Waals surface area contributed by atoms with E-state index in [1.54, 1.807) is 0 Å². The lowest BCUT2D eigenvalue weighted by Gasteiger charge is -2.08. The van der Waals surface area contributed by atoms with Crippen LogP contribution in [0.15, 0.2) is 24.3 Å². The van der Waals surface area contributed by atoms with Crippen molar-refractivity contribution in [3.63, 3.8) is 0 Å². The van der Waals surface area contributed by atoms with Crippen molar-refractivity contribution in [2.75, 3.05) is 0 Å². The van der Waals surface area contributed by atoms with Gasteiger partial charge in [-0.3, -0.25) is 14.9 Å². The molecule has 7 nitrogen and oxygen atoms in total. The molecule has 90 valence electrons. The molecule has 0 saturated heterocycles. The number of nitro groups is 1. The van der Waals surface area contributed by atoms with Crippen LogP contribution in [0, 0.1) is 10.1 Å². The molecule has 0 aliphatic carbocycles. The van der Waals surface area contributed by atoms with E-state index in [1.807, 2.05) is 0 Å². The van der Waals surface area contributed by atoms with Gasteiger partial charge in [0.2, 0.25) is 0 Å². The summed E-state index contributed by atoms with van der Waals surface area (Å²) in [5, 5.41) is 10.4. The van der Waals surface area contributed by atoms with Gasteiger partial charge in [-0.05, 0) is 19.1 Å². The Hall–Kier alpha value is -2.44. The summed E-state index contributed by atoms with van der Waals surface area (Å²) in [5.41, 5.74) is 4.90. The highest BCUT2D eigenvalue weighted by Crippen LogP contribution is 2.13. The van der Waals surface area contributed by atoms with Crippen molar-refractivity contribution in [2.24, 2.45) is 5.73 Å². The number of amides is 1. The molecule has 0 aliphatic heterocycles. The molecule has 0 aromatic heterocycles. The third-order valence-electron chi connectivity index (χ3n) is 2.00. The van der Waals surface area contributed by atoms with Crippen molar-refractivity contribution in [1.82, 2.24) is 0 Å². The number of hydrogen-bond acceptors (Lipinski definition) is 5. The topological polar surface area (TPSA) is 113 Å². The third kappa shape index (κ3) is 3.26. The normalized spacial score (nSPS) is 11.6. The van der Waals surface area contributed by atoms with Crippen LogP contribution in [0.25, 0.3) is 0 Å². The van der Waals surface area contributed by atoms with Gasteiger partial charge in [-0.2, -0.15) is 0 Å². The third-order valence-corrected chi connectivity index (χ3v) is 2.00. The molecule has 17 heavy (non-hydrogen) atoms. The Morgan fingerprint density at radius 3 is 2.29 bits per heavy atom. The first-order valence-electron chi connectivity index (χ1n) is 4.66. The minimum absolute atomic E-state index is 0.115. The Kier molecular flexibility index (Phi) is 3.76. The molecule has 1 aromatic carbocycles. The Balaban J connectivity index is 2.77. The Morgan fingerprint density at radius 1 is 1.35 bits per heavy atom. The number of non-ortho nitro benzene ring substituents is 1. The number of hydrogen-bond donors (Lipinski definition) is 1. The van der Waals surface area contributed by atoms with E-state index in [0.717, 1.165) is 0 Å². The number of nitro benzene ring substituents is 1. The molecule has 1 amide bonds. The van der Waals surface area contributed by atoms with Crippen LogP contribution in [0.4, 0.5) is 5.69 Å². The minimum atomic E-state index is -1.04. The number of carbonyl (C=O) groups is 2. The van der Waals surface area contributed by atoms with Crippen molar-refractivity contribution in [3.05, 3.63) is 39.9 Å². The number of nitrogens with zero attached hydrogens (tertiary/aromatic N) is 1. The lowest BCUT2D eigenvalue weighted by molar-refractivity contribution is -0.384. The number of primary amides is 1. The van der Waals surface area contributed by atoms with Crippen LogP contribution in [0.5, 0.6) is 0 Å². The van der Waals surface area contributed by atoms with Gasteiger partial charge in [-0.15, -0.1) is 0 Å². The molecule has 7 heteroatoms. The fourth-order valence-corrected chi connectivity index (χ4v) is 1.01. The molecule has 0 unspecified atom stereocenters. The van der Waals surface area contributed by atoms with E-state index in [4.69, 9.17) is 10.5 Å². The van der Waals surface area contributed by atoms with Crippen LogP contribution in [-0.4, -0.2) is 22.9 Å².